The number of amides is 1. The quantitative estimate of drug-likeness (QED) is 0.503. The van der Waals surface area contributed by atoms with Crippen molar-refractivity contribution in [2.24, 2.45) is 0 Å². The summed E-state index contributed by atoms with van der Waals surface area (Å²) >= 11 is 0. The van der Waals surface area contributed by atoms with E-state index in [-0.39, 0.29) is 18.3 Å². The van der Waals surface area contributed by atoms with Crippen molar-refractivity contribution in [2.45, 2.75) is 26.2 Å². The van der Waals surface area contributed by atoms with Gasteiger partial charge in [0.05, 0.1) is 19.0 Å². The van der Waals surface area contributed by atoms with Crippen LogP contribution in [0, 0.1) is 6.92 Å². The number of ether oxygens (including phenoxy) is 1. The van der Waals surface area contributed by atoms with Crippen molar-refractivity contribution >= 4 is 22.8 Å². The first kappa shape index (κ1) is 19.5. The van der Waals surface area contributed by atoms with E-state index >= 15 is 0 Å². The molecule has 0 radical (unpaired) electrons. The van der Waals surface area contributed by atoms with Crippen LogP contribution in [-0.2, 0) is 20.7 Å². The fourth-order valence-corrected chi connectivity index (χ4v) is 3.31. The van der Waals surface area contributed by atoms with Crippen LogP contribution in [0.25, 0.3) is 22.0 Å². The maximum absolute atomic E-state index is 12.5. The summed E-state index contributed by atoms with van der Waals surface area (Å²) in [4.78, 5) is 28.4. The summed E-state index contributed by atoms with van der Waals surface area (Å²) in [5.41, 5.74) is 4.81. The minimum Gasteiger partial charge on any atom is -0.469 e. The Morgan fingerprint density at radius 1 is 1.04 bits per heavy atom. The third-order valence-electron chi connectivity index (χ3n) is 4.71. The molecule has 0 saturated carbocycles. The number of fused-ring (bicyclic) bond motifs is 1. The standard InChI is InChI=1S/C23H24N2O3/c1-16-19(15-21(26)24-14-8-13-22(27)28-2)23(17-9-4-3-5-10-17)18-11-6-7-12-20(18)25-16/h3-7,9-12H,8,13-15H2,1-2H3,(H,24,26). The number of carbonyl (C=O) groups excluding carboxylic acids is 2. The van der Waals surface area contributed by atoms with Gasteiger partial charge < -0.3 is 10.1 Å². The van der Waals surface area contributed by atoms with Gasteiger partial charge in [-0.25, -0.2) is 0 Å². The highest BCUT2D eigenvalue weighted by molar-refractivity contribution is 5.98. The van der Waals surface area contributed by atoms with E-state index in [9.17, 15) is 9.59 Å². The Morgan fingerprint density at radius 3 is 2.50 bits per heavy atom. The van der Waals surface area contributed by atoms with Crippen LogP contribution in [0.3, 0.4) is 0 Å². The molecule has 3 aromatic rings. The van der Waals surface area contributed by atoms with Gasteiger partial charge in [0.2, 0.25) is 5.91 Å². The van der Waals surface area contributed by atoms with Gasteiger partial charge in [-0.1, -0.05) is 48.5 Å². The zero-order valence-electron chi connectivity index (χ0n) is 16.2. The molecule has 0 unspecified atom stereocenters. The van der Waals surface area contributed by atoms with E-state index in [2.05, 4.69) is 22.2 Å². The average molecular weight is 376 g/mol. The number of para-hydroxylation sites is 1. The van der Waals surface area contributed by atoms with Gasteiger partial charge in [0.25, 0.3) is 0 Å². The van der Waals surface area contributed by atoms with E-state index in [1.807, 2.05) is 49.4 Å². The lowest BCUT2D eigenvalue weighted by atomic mass is 9.92. The van der Waals surface area contributed by atoms with E-state index in [4.69, 9.17) is 4.98 Å². The number of nitrogens with one attached hydrogen (secondary N) is 1. The third kappa shape index (κ3) is 4.55. The van der Waals surface area contributed by atoms with E-state index < -0.39 is 0 Å². The predicted molar refractivity (Wildman–Crippen MR) is 110 cm³/mol. The molecule has 0 atom stereocenters. The number of hydrogen-bond donors (Lipinski definition) is 1. The van der Waals surface area contributed by atoms with E-state index in [0.717, 1.165) is 33.3 Å². The second kappa shape index (κ2) is 9.13. The first-order valence-electron chi connectivity index (χ1n) is 9.37. The summed E-state index contributed by atoms with van der Waals surface area (Å²) in [5, 5.41) is 3.93. The summed E-state index contributed by atoms with van der Waals surface area (Å²) < 4.78 is 4.61. The number of esters is 1. The molecular weight excluding hydrogens is 352 g/mol. The zero-order valence-corrected chi connectivity index (χ0v) is 16.2. The molecule has 1 amide bonds. The average Bonchev–Trinajstić information content (AvgIpc) is 2.72. The Kier molecular flexibility index (Phi) is 6.37. The molecule has 144 valence electrons. The van der Waals surface area contributed by atoms with Crippen molar-refractivity contribution in [2.75, 3.05) is 13.7 Å². The van der Waals surface area contributed by atoms with Gasteiger partial charge in [0, 0.05) is 24.0 Å². The van der Waals surface area contributed by atoms with Crippen molar-refractivity contribution in [3.8, 4) is 11.1 Å². The lowest BCUT2D eigenvalue weighted by Crippen LogP contribution is -2.27. The molecule has 1 heterocycles. The highest BCUT2D eigenvalue weighted by atomic mass is 16.5. The molecule has 0 saturated heterocycles. The smallest absolute Gasteiger partial charge is 0.305 e. The van der Waals surface area contributed by atoms with Crippen LogP contribution in [0.15, 0.2) is 54.6 Å². The molecule has 1 aromatic heterocycles. The van der Waals surface area contributed by atoms with E-state index in [1.54, 1.807) is 0 Å². The first-order valence-corrected chi connectivity index (χ1v) is 9.37. The molecule has 0 aliphatic carbocycles. The second-order valence-electron chi connectivity index (χ2n) is 6.64. The van der Waals surface area contributed by atoms with Crippen molar-refractivity contribution in [3.63, 3.8) is 0 Å². The number of pyridine rings is 1. The Balaban J connectivity index is 1.87. The number of carbonyl (C=O) groups is 2. The summed E-state index contributed by atoms with van der Waals surface area (Å²) in [6, 6.07) is 18.1. The van der Waals surface area contributed by atoms with Crippen LogP contribution in [0.2, 0.25) is 0 Å². The Bertz CT molecular complexity index is 984. The lowest BCUT2D eigenvalue weighted by molar-refractivity contribution is -0.140. The van der Waals surface area contributed by atoms with Crippen molar-refractivity contribution in [1.82, 2.24) is 10.3 Å². The molecule has 2 aromatic carbocycles. The van der Waals surface area contributed by atoms with Gasteiger partial charge in [0.15, 0.2) is 0 Å². The molecular formula is C23H24N2O3. The van der Waals surface area contributed by atoms with Gasteiger partial charge in [-0.05, 0) is 36.1 Å². The summed E-state index contributed by atoms with van der Waals surface area (Å²) in [7, 11) is 1.36. The van der Waals surface area contributed by atoms with Gasteiger partial charge in [-0.2, -0.15) is 0 Å². The monoisotopic (exact) mass is 376 g/mol. The lowest BCUT2D eigenvalue weighted by Gasteiger charge is -2.16. The van der Waals surface area contributed by atoms with E-state index in [1.165, 1.54) is 7.11 Å². The highest BCUT2D eigenvalue weighted by Gasteiger charge is 2.17. The summed E-state index contributed by atoms with van der Waals surface area (Å²) in [5.74, 6) is -0.350. The van der Waals surface area contributed by atoms with E-state index in [0.29, 0.717) is 19.4 Å². The Hall–Kier alpha value is -3.21. The number of methoxy groups -OCH3 is 1. The largest absolute Gasteiger partial charge is 0.469 e. The number of benzene rings is 2. The van der Waals surface area contributed by atoms with Crippen molar-refractivity contribution in [1.29, 1.82) is 0 Å². The molecule has 28 heavy (non-hydrogen) atoms. The fourth-order valence-electron chi connectivity index (χ4n) is 3.31. The van der Waals surface area contributed by atoms with Crippen LogP contribution < -0.4 is 5.32 Å². The number of nitrogens with zero attached hydrogens (tertiary/aromatic N) is 1. The number of aryl methyl sites for hydroxylation is 1. The van der Waals surface area contributed by atoms with Gasteiger partial charge in [-0.3, -0.25) is 14.6 Å². The Labute approximate surface area is 164 Å². The normalized spacial score (nSPS) is 10.6. The van der Waals surface area contributed by atoms with Crippen LogP contribution in [0.4, 0.5) is 0 Å². The highest BCUT2D eigenvalue weighted by Crippen LogP contribution is 2.33. The zero-order chi connectivity index (χ0) is 19.9. The van der Waals surface area contributed by atoms with Gasteiger partial charge >= 0.3 is 5.97 Å². The van der Waals surface area contributed by atoms with Crippen molar-refractivity contribution in [3.05, 3.63) is 65.9 Å². The summed E-state index contributed by atoms with van der Waals surface area (Å²) in [6.45, 7) is 2.38. The molecule has 0 aliphatic heterocycles. The second-order valence-corrected chi connectivity index (χ2v) is 6.64. The molecule has 3 rings (SSSR count). The third-order valence-corrected chi connectivity index (χ3v) is 4.71. The van der Waals surface area contributed by atoms with Crippen LogP contribution in [-0.4, -0.2) is 30.5 Å². The SMILES string of the molecule is COC(=O)CCCNC(=O)Cc1c(C)nc2ccccc2c1-c1ccccc1. The number of hydrogen-bond acceptors (Lipinski definition) is 4. The Morgan fingerprint density at radius 2 is 1.75 bits per heavy atom. The molecule has 0 fully saturated rings. The van der Waals surface area contributed by atoms with Crippen LogP contribution >= 0.6 is 0 Å². The van der Waals surface area contributed by atoms with Crippen LogP contribution in [0.5, 0.6) is 0 Å². The van der Waals surface area contributed by atoms with Gasteiger partial charge in [0.1, 0.15) is 0 Å². The minimum absolute atomic E-state index is 0.0813. The predicted octanol–water partition coefficient (Wildman–Crippen LogP) is 3.82. The maximum Gasteiger partial charge on any atom is 0.305 e. The molecule has 5 heteroatoms. The topological polar surface area (TPSA) is 68.3 Å². The van der Waals surface area contributed by atoms with Gasteiger partial charge in [-0.15, -0.1) is 0 Å². The fraction of sp³-hybridized carbons (Fsp3) is 0.261. The molecule has 5 nitrogen and oxygen atoms in total. The molecule has 0 spiro atoms. The van der Waals surface area contributed by atoms with Crippen LogP contribution in [0.1, 0.15) is 24.1 Å². The van der Waals surface area contributed by atoms with Crippen molar-refractivity contribution < 1.29 is 14.3 Å². The molecule has 1 N–H and O–H groups in total. The number of rotatable bonds is 7. The molecule has 0 aliphatic rings. The number of aromatic nitrogens is 1. The minimum atomic E-state index is -0.268. The summed E-state index contributed by atoms with van der Waals surface area (Å²) in [6.07, 6.45) is 1.09. The maximum atomic E-state index is 12.5. The molecule has 0 bridgehead atoms. The first-order chi connectivity index (χ1) is 13.6.